The third-order valence-corrected chi connectivity index (χ3v) is 8.45. The van der Waals surface area contributed by atoms with Gasteiger partial charge in [-0.25, -0.2) is 0 Å². The van der Waals surface area contributed by atoms with Gasteiger partial charge in [0.2, 0.25) is 17.4 Å². The van der Waals surface area contributed by atoms with Gasteiger partial charge in [-0.15, -0.1) is 24.8 Å². The van der Waals surface area contributed by atoms with Crippen molar-refractivity contribution in [3.63, 3.8) is 0 Å². The summed E-state index contributed by atoms with van der Waals surface area (Å²) in [7, 11) is 10.1. The molecule has 2 aliphatic rings. The fraction of sp³-hybridized carbons (Fsp3) is 0.559. The molecule has 12 heteroatoms. The number of benzene rings is 2. The summed E-state index contributed by atoms with van der Waals surface area (Å²) in [5.41, 5.74) is 2.85. The molecule has 1 amide bonds. The van der Waals surface area contributed by atoms with E-state index >= 15 is 0 Å². The Morgan fingerprint density at radius 1 is 0.717 bits per heavy atom. The largest absolute Gasteiger partial charge is 0.490 e. The van der Waals surface area contributed by atoms with E-state index in [1.807, 2.05) is 11.0 Å². The van der Waals surface area contributed by atoms with Crippen molar-refractivity contribution >= 4 is 42.7 Å². The van der Waals surface area contributed by atoms with E-state index in [1.165, 1.54) is 19.8 Å². The number of halogens is 2. The first-order valence-corrected chi connectivity index (χ1v) is 15.4. The maximum atomic E-state index is 13.5. The fourth-order valence-corrected chi connectivity index (χ4v) is 6.29. The lowest BCUT2D eigenvalue weighted by molar-refractivity contribution is -0.136. The highest BCUT2D eigenvalue weighted by atomic mass is 35.5. The van der Waals surface area contributed by atoms with Crippen molar-refractivity contribution in [1.29, 1.82) is 0 Å². The van der Waals surface area contributed by atoms with E-state index in [2.05, 4.69) is 24.3 Å². The van der Waals surface area contributed by atoms with Crippen LogP contribution in [0.25, 0.3) is 0 Å². The molecule has 1 aliphatic heterocycles. The number of carbonyl (C=O) groups is 3. The highest BCUT2D eigenvalue weighted by Gasteiger charge is 2.34. The quantitative estimate of drug-likeness (QED) is 0.189. The summed E-state index contributed by atoms with van der Waals surface area (Å²) in [6.07, 6.45) is 4.89. The monoisotopic (exact) mass is 681 g/mol. The molecule has 0 unspecified atom stereocenters. The minimum absolute atomic E-state index is 0. The van der Waals surface area contributed by atoms with Crippen LogP contribution in [0.1, 0.15) is 54.7 Å². The SMILES string of the molecule is COc1c(OC(=O)CN(C)C)c2c(c(OC(=O)CN(C)C)c1OC)CCC(CC(=O)N1CCC(c3ccccc3)CC1)CC2.Cl.Cl. The van der Waals surface area contributed by atoms with E-state index in [0.717, 1.165) is 49.9 Å². The topological polar surface area (TPSA) is 97.8 Å². The van der Waals surface area contributed by atoms with Crippen LogP contribution >= 0.6 is 24.8 Å². The van der Waals surface area contributed by atoms with Crippen molar-refractivity contribution in [3.8, 4) is 23.0 Å². The van der Waals surface area contributed by atoms with Gasteiger partial charge >= 0.3 is 11.9 Å². The van der Waals surface area contributed by atoms with Crippen LogP contribution in [0.3, 0.4) is 0 Å². The third kappa shape index (κ3) is 9.97. The Kier molecular flexibility index (Phi) is 15.6. The normalized spacial score (nSPS) is 15.3. The number of rotatable bonds is 11. The van der Waals surface area contributed by atoms with Crippen molar-refractivity contribution in [2.45, 2.75) is 50.9 Å². The first kappa shape index (κ1) is 39.1. The number of likely N-dealkylation sites (N-methyl/N-ethyl adjacent to an activating group) is 2. The van der Waals surface area contributed by atoms with Gasteiger partial charge in [0.1, 0.15) is 0 Å². The van der Waals surface area contributed by atoms with Crippen LogP contribution in [0.5, 0.6) is 23.0 Å². The lowest BCUT2D eigenvalue weighted by Crippen LogP contribution is -2.38. The molecule has 1 saturated heterocycles. The Morgan fingerprint density at radius 3 is 1.59 bits per heavy atom. The number of fused-ring (bicyclic) bond motifs is 1. The summed E-state index contributed by atoms with van der Waals surface area (Å²) in [5, 5.41) is 0. The molecule has 1 heterocycles. The first-order valence-electron chi connectivity index (χ1n) is 15.4. The average Bonchev–Trinajstić information content (AvgIpc) is 3.20. The Balaban J connectivity index is 0.00000368. The number of methoxy groups -OCH3 is 2. The zero-order valence-corrected chi connectivity index (χ0v) is 29.5. The molecule has 46 heavy (non-hydrogen) atoms. The van der Waals surface area contributed by atoms with Gasteiger partial charge in [0.15, 0.2) is 11.5 Å². The van der Waals surface area contributed by atoms with Crippen LogP contribution in [0.2, 0.25) is 0 Å². The van der Waals surface area contributed by atoms with E-state index in [1.54, 1.807) is 38.0 Å². The van der Waals surface area contributed by atoms with Crippen molar-refractivity contribution in [1.82, 2.24) is 14.7 Å². The Bertz CT molecular complexity index is 1250. The molecule has 0 saturated carbocycles. The highest BCUT2D eigenvalue weighted by Crippen LogP contribution is 2.52. The van der Waals surface area contributed by atoms with Gasteiger partial charge in [0.05, 0.1) is 27.3 Å². The van der Waals surface area contributed by atoms with Crippen molar-refractivity contribution < 1.29 is 33.3 Å². The lowest BCUT2D eigenvalue weighted by Gasteiger charge is -2.33. The Hall–Kier alpha value is -3.05. The molecular formula is C34H49Cl2N3O7. The number of nitrogens with zero attached hydrogens (tertiary/aromatic N) is 3. The van der Waals surface area contributed by atoms with Crippen molar-refractivity contribution in [3.05, 3.63) is 47.0 Å². The van der Waals surface area contributed by atoms with Gasteiger partial charge in [-0.1, -0.05) is 30.3 Å². The molecule has 0 aromatic heterocycles. The average molecular weight is 683 g/mol. The van der Waals surface area contributed by atoms with Crippen LogP contribution in [0.4, 0.5) is 0 Å². The molecule has 4 rings (SSSR count). The smallest absolute Gasteiger partial charge is 0.325 e. The second-order valence-corrected chi connectivity index (χ2v) is 12.3. The zero-order chi connectivity index (χ0) is 31.8. The second kappa shape index (κ2) is 18.3. The molecule has 0 bridgehead atoms. The maximum absolute atomic E-state index is 13.5. The molecule has 1 aliphatic carbocycles. The van der Waals surface area contributed by atoms with Gasteiger partial charge in [-0.05, 0) is 84.1 Å². The summed E-state index contributed by atoms with van der Waals surface area (Å²) in [6, 6.07) is 10.5. The molecule has 1 fully saturated rings. The number of esters is 2. The summed E-state index contributed by atoms with van der Waals surface area (Å²) >= 11 is 0. The Morgan fingerprint density at radius 2 is 1.17 bits per heavy atom. The minimum atomic E-state index is -0.440. The number of amides is 1. The molecule has 256 valence electrons. The van der Waals surface area contributed by atoms with Gasteiger partial charge in [0, 0.05) is 30.6 Å². The molecule has 2 aromatic carbocycles. The molecule has 2 aromatic rings. The number of carbonyl (C=O) groups excluding carboxylic acids is 3. The maximum Gasteiger partial charge on any atom is 0.325 e. The van der Waals surface area contributed by atoms with Crippen molar-refractivity contribution in [2.24, 2.45) is 5.92 Å². The van der Waals surface area contributed by atoms with Crippen LogP contribution in [0, 0.1) is 5.92 Å². The number of piperidine rings is 1. The van der Waals surface area contributed by atoms with Gasteiger partial charge < -0.3 is 23.8 Å². The number of ether oxygens (including phenoxy) is 4. The van der Waals surface area contributed by atoms with Crippen LogP contribution in [-0.2, 0) is 27.2 Å². The Labute approximate surface area is 285 Å². The summed E-state index contributed by atoms with van der Waals surface area (Å²) in [6.45, 7) is 1.69. The fourth-order valence-electron chi connectivity index (χ4n) is 6.29. The summed E-state index contributed by atoms with van der Waals surface area (Å²) in [5.74, 6) is 0.896. The predicted octanol–water partition coefficient (Wildman–Crippen LogP) is 4.77. The van der Waals surface area contributed by atoms with Crippen LogP contribution in [-0.4, -0.2) is 101 Å². The number of hydrogen-bond donors (Lipinski definition) is 0. The van der Waals surface area contributed by atoms with Gasteiger partial charge in [-0.2, -0.15) is 0 Å². The van der Waals surface area contributed by atoms with Gasteiger partial charge in [0.25, 0.3) is 0 Å². The first-order chi connectivity index (χ1) is 21.1. The standard InChI is InChI=1S/C34H47N3O7.2ClH/c1-35(2)21-29(39)43-31-26-14-12-23(20-28(38)37-18-16-25(17-19-37)24-10-8-7-9-11-24)13-15-27(26)32(34(42-6)33(31)41-5)44-30(40)22-36(3)4;;/h7-11,23,25H,12-22H2,1-6H3;2*1H. The minimum Gasteiger partial charge on any atom is -0.490 e. The number of hydrogen-bond acceptors (Lipinski definition) is 9. The van der Waals surface area contributed by atoms with E-state index in [4.69, 9.17) is 18.9 Å². The second-order valence-electron chi connectivity index (χ2n) is 12.3. The molecule has 10 nitrogen and oxygen atoms in total. The van der Waals surface area contributed by atoms with E-state index in [9.17, 15) is 14.4 Å². The molecule has 0 N–H and O–H groups in total. The van der Waals surface area contributed by atoms with Crippen LogP contribution < -0.4 is 18.9 Å². The third-order valence-electron chi connectivity index (χ3n) is 8.45. The lowest BCUT2D eigenvalue weighted by atomic mass is 9.89. The van der Waals surface area contributed by atoms with Crippen molar-refractivity contribution in [2.75, 3.05) is 68.6 Å². The van der Waals surface area contributed by atoms with E-state index in [0.29, 0.717) is 25.2 Å². The molecule has 0 radical (unpaired) electrons. The van der Waals surface area contributed by atoms with Crippen LogP contribution in [0.15, 0.2) is 30.3 Å². The van der Waals surface area contributed by atoms with E-state index in [-0.39, 0.29) is 72.7 Å². The number of likely N-dealkylation sites (tertiary alicyclic amines) is 1. The zero-order valence-electron chi connectivity index (χ0n) is 27.8. The van der Waals surface area contributed by atoms with E-state index < -0.39 is 11.9 Å². The molecular weight excluding hydrogens is 633 g/mol. The summed E-state index contributed by atoms with van der Waals surface area (Å²) < 4.78 is 23.3. The summed E-state index contributed by atoms with van der Waals surface area (Å²) in [4.78, 5) is 44.6. The predicted molar refractivity (Wildman–Crippen MR) is 182 cm³/mol. The highest BCUT2D eigenvalue weighted by molar-refractivity contribution is 5.85. The molecule has 0 spiro atoms. The van der Waals surface area contributed by atoms with Gasteiger partial charge in [-0.3, -0.25) is 24.2 Å². The molecule has 0 atom stereocenters.